The lowest BCUT2D eigenvalue weighted by atomic mass is 10.1. The number of anilines is 1. The van der Waals surface area contributed by atoms with Crippen molar-refractivity contribution in [3.8, 4) is 6.07 Å². The number of allylic oxidation sites excluding steroid dienone is 1. The van der Waals surface area contributed by atoms with Gasteiger partial charge >= 0.3 is 0 Å². The highest BCUT2D eigenvalue weighted by molar-refractivity contribution is 5.60. The van der Waals surface area contributed by atoms with Crippen molar-refractivity contribution in [2.75, 3.05) is 18.1 Å². The van der Waals surface area contributed by atoms with Gasteiger partial charge in [-0.15, -0.1) is 0 Å². The van der Waals surface area contributed by atoms with E-state index in [9.17, 15) is 5.11 Å². The van der Waals surface area contributed by atoms with Crippen LogP contribution in [-0.2, 0) is 0 Å². The van der Waals surface area contributed by atoms with E-state index < -0.39 is 0 Å². The fourth-order valence-electron chi connectivity index (χ4n) is 2.75. The molecule has 1 saturated heterocycles. The van der Waals surface area contributed by atoms with Crippen LogP contribution in [0.15, 0.2) is 29.8 Å². The first-order chi connectivity index (χ1) is 9.74. The Morgan fingerprint density at radius 1 is 1.35 bits per heavy atom. The summed E-state index contributed by atoms with van der Waals surface area (Å²) in [5.41, 5.74) is 2.92. The highest BCUT2D eigenvalue weighted by Crippen LogP contribution is 2.24. The smallest absolute Gasteiger partial charge is 0.0944 e. The molecule has 1 heterocycles. The van der Waals surface area contributed by atoms with Crippen molar-refractivity contribution in [2.24, 2.45) is 0 Å². The maximum absolute atomic E-state index is 9.57. The second kappa shape index (κ2) is 7.12. The number of benzene rings is 1. The van der Waals surface area contributed by atoms with E-state index in [-0.39, 0.29) is 12.6 Å². The summed E-state index contributed by atoms with van der Waals surface area (Å²) in [5.74, 6) is 0. The monoisotopic (exact) mass is 270 g/mol. The third-order valence-corrected chi connectivity index (χ3v) is 3.87. The van der Waals surface area contributed by atoms with E-state index in [1.54, 1.807) is 0 Å². The van der Waals surface area contributed by atoms with Crippen LogP contribution in [0.4, 0.5) is 5.69 Å². The van der Waals surface area contributed by atoms with E-state index in [4.69, 9.17) is 5.26 Å². The van der Waals surface area contributed by atoms with Gasteiger partial charge < -0.3 is 10.0 Å². The molecular formula is C17H22N2O. The maximum Gasteiger partial charge on any atom is 0.0944 e. The van der Waals surface area contributed by atoms with E-state index in [2.05, 4.69) is 23.1 Å². The molecule has 106 valence electrons. The number of rotatable bonds is 3. The zero-order valence-corrected chi connectivity index (χ0v) is 12.0. The van der Waals surface area contributed by atoms with Gasteiger partial charge in [-0.2, -0.15) is 5.26 Å². The minimum atomic E-state index is 0.217. The first-order valence-electron chi connectivity index (χ1n) is 7.30. The lowest BCUT2D eigenvalue weighted by Crippen LogP contribution is -2.37. The topological polar surface area (TPSA) is 47.3 Å². The van der Waals surface area contributed by atoms with Gasteiger partial charge in [-0.1, -0.05) is 25.0 Å². The Labute approximate surface area is 121 Å². The predicted molar refractivity (Wildman–Crippen MR) is 82.4 cm³/mol. The van der Waals surface area contributed by atoms with Crippen molar-refractivity contribution in [3.05, 3.63) is 35.4 Å². The number of nitrogens with zero attached hydrogens (tertiary/aromatic N) is 2. The molecule has 2 rings (SSSR count). The fourth-order valence-corrected chi connectivity index (χ4v) is 2.75. The molecule has 0 aliphatic carbocycles. The van der Waals surface area contributed by atoms with Gasteiger partial charge in [-0.05, 0) is 43.5 Å². The van der Waals surface area contributed by atoms with E-state index >= 15 is 0 Å². The van der Waals surface area contributed by atoms with Gasteiger partial charge in [0.1, 0.15) is 0 Å². The molecule has 0 aromatic heterocycles. The largest absolute Gasteiger partial charge is 0.394 e. The van der Waals surface area contributed by atoms with Crippen LogP contribution in [0.5, 0.6) is 0 Å². The number of hydrogen-bond acceptors (Lipinski definition) is 3. The van der Waals surface area contributed by atoms with E-state index in [1.807, 2.05) is 25.1 Å². The van der Waals surface area contributed by atoms with Gasteiger partial charge in [0.15, 0.2) is 0 Å². The molecule has 1 aliphatic heterocycles. The summed E-state index contributed by atoms with van der Waals surface area (Å²) in [4.78, 5) is 2.32. The molecule has 20 heavy (non-hydrogen) atoms. The molecule has 3 heteroatoms. The Morgan fingerprint density at radius 3 is 2.75 bits per heavy atom. The Bertz CT molecular complexity index is 499. The summed E-state index contributed by atoms with van der Waals surface area (Å²) in [6.07, 6.45) is 6.58. The standard InChI is InChI=1S/C17H22N2O/c1-14(12-18)11-15-6-8-16(9-7-15)19-10-4-2-3-5-17(19)13-20/h6-9,11,17,20H,2-5,10,13H2,1H3/b14-11+. The van der Waals surface area contributed by atoms with Crippen LogP contribution in [0.3, 0.4) is 0 Å². The lowest BCUT2D eigenvalue weighted by Gasteiger charge is -2.30. The van der Waals surface area contributed by atoms with Crippen molar-refractivity contribution in [2.45, 2.75) is 38.6 Å². The minimum absolute atomic E-state index is 0.217. The number of aliphatic hydroxyl groups is 1. The van der Waals surface area contributed by atoms with Gasteiger partial charge in [-0.25, -0.2) is 0 Å². The average molecular weight is 270 g/mol. The Balaban J connectivity index is 2.17. The molecule has 1 aromatic carbocycles. The first kappa shape index (κ1) is 14.6. The van der Waals surface area contributed by atoms with Crippen LogP contribution >= 0.6 is 0 Å². The second-order valence-electron chi connectivity index (χ2n) is 5.41. The van der Waals surface area contributed by atoms with Gasteiger partial charge in [0.05, 0.1) is 18.7 Å². The molecule has 3 nitrogen and oxygen atoms in total. The Morgan fingerprint density at radius 2 is 2.10 bits per heavy atom. The quantitative estimate of drug-likeness (QED) is 0.857. The fraction of sp³-hybridized carbons (Fsp3) is 0.471. The zero-order valence-electron chi connectivity index (χ0n) is 12.0. The molecule has 1 aliphatic rings. The summed E-state index contributed by atoms with van der Waals surface area (Å²) in [6.45, 7) is 3.04. The zero-order chi connectivity index (χ0) is 14.4. The summed E-state index contributed by atoms with van der Waals surface area (Å²) < 4.78 is 0. The minimum Gasteiger partial charge on any atom is -0.394 e. The van der Waals surface area contributed by atoms with Crippen LogP contribution in [0.1, 0.15) is 38.2 Å². The second-order valence-corrected chi connectivity index (χ2v) is 5.41. The summed E-state index contributed by atoms with van der Waals surface area (Å²) in [7, 11) is 0. The van der Waals surface area contributed by atoms with Crippen molar-refractivity contribution in [1.82, 2.24) is 0 Å². The molecule has 1 fully saturated rings. The van der Waals surface area contributed by atoms with Crippen molar-refractivity contribution in [1.29, 1.82) is 5.26 Å². The maximum atomic E-state index is 9.57. The van der Waals surface area contributed by atoms with Gasteiger partial charge in [0.25, 0.3) is 0 Å². The molecule has 0 spiro atoms. The van der Waals surface area contributed by atoms with Crippen molar-refractivity contribution in [3.63, 3.8) is 0 Å². The summed E-state index contributed by atoms with van der Waals surface area (Å²) >= 11 is 0. The van der Waals surface area contributed by atoms with Crippen LogP contribution in [0, 0.1) is 11.3 Å². The van der Waals surface area contributed by atoms with Crippen LogP contribution in [-0.4, -0.2) is 24.3 Å². The SMILES string of the molecule is C/C(C#N)=C\c1ccc(N2CCCCCC2CO)cc1. The first-order valence-corrected chi connectivity index (χ1v) is 7.30. The molecule has 1 N–H and O–H groups in total. The van der Waals surface area contributed by atoms with Gasteiger partial charge in [-0.3, -0.25) is 0 Å². The average Bonchev–Trinajstić information content (AvgIpc) is 2.73. The van der Waals surface area contributed by atoms with E-state index in [1.165, 1.54) is 19.3 Å². The van der Waals surface area contributed by atoms with Crippen molar-refractivity contribution >= 4 is 11.8 Å². The molecule has 0 bridgehead atoms. The van der Waals surface area contributed by atoms with Gasteiger partial charge in [0, 0.05) is 17.8 Å². The number of aliphatic hydroxyl groups excluding tert-OH is 1. The third-order valence-electron chi connectivity index (χ3n) is 3.87. The van der Waals surface area contributed by atoms with Gasteiger partial charge in [0.2, 0.25) is 0 Å². The van der Waals surface area contributed by atoms with Crippen LogP contribution < -0.4 is 4.90 Å². The highest BCUT2D eigenvalue weighted by atomic mass is 16.3. The molecule has 1 atom stereocenters. The molecule has 1 aromatic rings. The summed E-state index contributed by atoms with van der Waals surface area (Å²) in [6, 6.07) is 10.6. The molecule has 0 saturated carbocycles. The normalized spacial score (nSPS) is 20.4. The lowest BCUT2D eigenvalue weighted by molar-refractivity contribution is 0.255. The van der Waals surface area contributed by atoms with E-state index in [0.29, 0.717) is 5.57 Å². The molecule has 1 unspecified atom stereocenters. The molecule has 0 amide bonds. The Kier molecular flexibility index (Phi) is 5.20. The molecular weight excluding hydrogens is 248 g/mol. The third kappa shape index (κ3) is 3.61. The highest BCUT2D eigenvalue weighted by Gasteiger charge is 2.20. The van der Waals surface area contributed by atoms with Crippen LogP contribution in [0.25, 0.3) is 6.08 Å². The Hall–Kier alpha value is -1.79. The summed E-state index contributed by atoms with van der Waals surface area (Å²) in [5, 5.41) is 18.4. The number of hydrogen-bond donors (Lipinski definition) is 1. The molecule has 0 radical (unpaired) electrons. The van der Waals surface area contributed by atoms with E-state index in [0.717, 1.165) is 24.2 Å². The predicted octanol–water partition coefficient (Wildman–Crippen LogP) is 3.35. The number of nitriles is 1. The van der Waals surface area contributed by atoms with Crippen molar-refractivity contribution < 1.29 is 5.11 Å². The van der Waals surface area contributed by atoms with Crippen LogP contribution in [0.2, 0.25) is 0 Å².